The highest BCUT2D eigenvalue weighted by molar-refractivity contribution is 5.97. The fourth-order valence-corrected chi connectivity index (χ4v) is 3.38. The van der Waals surface area contributed by atoms with Crippen molar-refractivity contribution in [3.8, 4) is 0 Å². The van der Waals surface area contributed by atoms with Crippen LogP contribution in [0.25, 0.3) is 11.0 Å². The quantitative estimate of drug-likeness (QED) is 0.758. The van der Waals surface area contributed by atoms with Crippen molar-refractivity contribution in [2.45, 2.75) is 25.8 Å². The summed E-state index contributed by atoms with van der Waals surface area (Å²) in [4.78, 5) is 34.2. The van der Waals surface area contributed by atoms with Crippen LogP contribution in [0.3, 0.4) is 0 Å². The molecule has 0 saturated carbocycles. The van der Waals surface area contributed by atoms with Crippen molar-refractivity contribution in [1.29, 1.82) is 0 Å². The van der Waals surface area contributed by atoms with Crippen LogP contribution in [0.5, 0.6) is 0 Å². The van der Waals surface area contributed by atoms with Gasteiger partial charge in [0.2, 0.25) is 0 Å². The van der Waals surface area contributed by atoms with Crippen LogP contribution in [0.15, 0.2) is 41.0 Å². The number of H-pyrrole nitrogens is 1. The Bertz CT molecular complexity index is 945. The zero-order valence-corrected chi connectivity index (χ0v) is 14.5. The van der Waals surface area contributed by atoms with Gasteiger partial charge in [0.1, 0.15) is 5.82 Å². The highest BCUT2D eigenvalue weighted by Gasteiger charge is 2.27. The van der Waals surface area contributed by atoms with Gasteiger partial charge in [-0.05, 0) is 50.1 Å². The Morgan fingerprint density at radius 2 is 2.23 bits per heavy atom. The molecule has 3 heterocycles. The number of furan rings is 1. The average Bonchev–Trinajstić information content (AvgIpc) is 3.29. The van der Waals surface area contributed by atoms with E-state index < -0.39 is 0 Å². The predicted octanol–water partition coefficient (Wildman–Crippen LogP) is 2.50. The number of nitrogens with zero attached hydrogens (tertiary/aromatic N) is 2. The molecule has 0 aliphatic carbocycles. The van der Waals surface area contributed by atoms with Crippen LogP contribution in [0, 0.1) is 6.92 Å². The van der Waals surface area contributed by atoms with Crippen molar-refractivity contribution in [2.75, 3.05) is 13.1 Å². The van der Waals surface area contributed by atoms with Crippen LogP contribution in [-0.2, 0) is 0 Å². The number of hydrogen-bond acceptors (Lipinski definition) is 4. The van der Waals surface area contributed by atoms with E-state index in [0.717, 1.165) is 29.7 Å². The van der Waals surface area contributed by atoms with E-state index >= 15 is 0 Å². The number of carbonyl (C=O) groups excluding carboxylic acids is 2. The van der Waals surface area contributed by atoms with E-state index in [0.29, 0.717) is 24.4 Å². The van der Waals surface area contributed by atoms with Crippen LogP contribution in [-0.4, -0.2) is 45.8 Å². The van der Waals surface area contributed by atoms with Gasteiger partial charge in [0.05, 0.1) is 17.3 Å². The van der Waals surface area contributed by atoms with Gasteiger partial charge in [0.25, 0.3) is 11.8 Å². The van der Waals surface area contributed by atoms with Crippen molar-refractivity contribution in [2.24, 2.45) is 0 Å². The van der Waals surface area contributed by atoms with Crippen LogP contribution in [0.2, 0.25) is 0 Å². The Balaban J connectivity index is 1.43. The lowest BCUT2D eigenvalue weighted by molar-refractivity contribution is 0.0647. The molecule has 7 nitrogen and oxygen atoms in total. The summed E-state index contributed by atoms with van der Waals surface area (Å²) in [5.41, 5.74) is 2.26. The third-order valence-corrected chi connectivity index (χ3v) is 4.64. The molecule has 1 aliphatic heterocycles. The standard InChI is InChI=1S/C19H20N4O3/c1-12-20-15-7-6-13(10-16(15)21-12)18(24)22-14-4-2-8-23(11-14)19(25)17-5-3-9-26-17/h3,5-7,9-10,14H,2,4,8,11H2,1H3,(H,20,21)(H,22,24). The zero-order valence-electron chi connectivity index (χ0n) is 14.5. The molecule has 1 fully saturated rings. The number of likely N-dealkylation sites (tertiary alicyclic amines) is 1. The highest BCUT2D eigenvalue weighted by atomic mass is 16.3. The zero-order chi connectivity index (χ0) is 18.1. The first kappa shape index (κ1) is 16.4. The van der Waals surface area contributed by atoms with Crippen LogP contribution >= 0.6 is 0 Å². The van der Waals surface area contributed by atoms with Crippen LogP contribution in [0.4, 0.5) is 0 Å². The van der Waals surface area contributed by atoms with Gasteiger partial charge in [0.15, 0.2) is 5.76 Å². The second-order valence-electron chi connectivity index (χ2n) is 6.60. The Morgan fingerprint density at radius 1 is 1.35 bits per heavy atom. The molecule has 2 N–H and O–H groups in total. The number of rotatable bonds is 3. The Kier molecular flexibility index (Phi) is 4.20. The molecule has 1 aliphatic rings. The second-order valence-corrected chi connectivity index (χ2v) is 6.60. The summed E-state index contributed by atoms with van der Waals surface area (Å²) in [5, 5.41) is 3.04. The number of aromatic nitrogens is 2. The fraction of sp³-hybridized carbons (Fsp3) is 0.316. The highest BCUT2D eigenvalue weighted by Crippen LogP contribution is 2.17. The van der Waals surface area contributed by atoms with Gasteiger partial charge < -0.3 is 19.6 Å². The number of amides is 2. The average molecular weight is 352 g/mol. The number of fused-ring (bicyclic) bond motifs is 1. The molecule has 3 aromatic rings. The summed E-state index contributed by atoms with van der Waals surface area (Å²) in [5.74, 6) is 0.869. The largest absolute Gasteiger partial charge is 0.459 e. The molecule has 0 spiro atoms. The van der Waals surface area contributed by atoms with Crippen LogP contribution < -0.4 is 5.32 Å². The Labute approximate surface area is 150 Å². The molecule has 0 bridgehead atoms. The molecule has 2 aromatic heterocycles. The van der Waals surface area contributed by atoms with E-state index in [1.54, 1.807) is 29.2 Å². The molecule has 1 atom stereocenters. The Morgan fingerprint density at radius 3 is 3.04 bits per heavy atom. The molecule has 1 aromatic carbocycles. The van der Waals surface area contributed by atoms with Crippen molar-refractivity contribution in [3.05, 3.63) is 53.7 Å². The summed E-state index contributed by atoms with van der Waals surface area (Å²) >= 11 is 0. The van der Waals surface area contributed by atoms with E-state index in [9.17, 15) is 9.59 Å². The molecular formula is C19H20N4O3. The molecule has 0 radical (unpaired) electrons. The van der Waals surface area contributed by atoms with Crippen molar-refractivity contribution < 1.29 is 14.0 Å². The summed E-state index contributed by atoms with van der Waals surface area (Å²) in [6, 6.07) is 8.69. The number of aromatic amines is 1. The molecule has 1 unspecified atom stereocenters. The Hall–Kier alpha value is -3.09. The second kappa shape index (κ2) is 6.67. The van der Waals surface area contributed by atoms with Gasteiger partial charge in [-0.3, -0.25) is 9.59 Å². The summed E-state index contributed by atoms with van der Waals surface area (Å²) < 4.78 is 5.19. The van der Waals surface area contributed by atoms with Crippen molar-refractivity contribution in [1.82, 2.24) is 20.2 Å². The van der Waals surface area contributed by atoms with Gasteiger partial charge in [-0.2, -0.15) is 0 Å². The minimum atomic E-state index is -0.142. The lowest BCUT2D eigenvalue weighted by atomic mass is 10.0. The normalized spacial score (nSPS) is 17.4. The van der Waals surface area contributed by atoms with Crippen LogP contribution in [0.1, 0.15) is 39.6 Å². The molecule has 1 saturated heterocycles. The first-order valence-corrected chi connectivity index (χ1v) is 8.70. The maximum absolute atomic E-state index is 12.6. The topological polar surface area (TPSA) is 91.2 Å². The third-order valence-electron chi connectivity index (χ3n) is 4.64. The number of aryl methyl sites for hydroxylation is 1. The van der Waals surface area contributed by atoms with E-state index in [2.05, 4.69) is 15.3 Å². The fourth-order valence-electron chi connectivity index (χ4n) is 3.38. The number of hydrogen-bond donors (Lipinski definition) is 2. The maximum atomic E-state index is 12.6. The lowest BCUT2D eigenvalue weighted by Gasteiger charge is -2.32. The summed E-state index contributed by atoms with van der Waals surface area (Å²) in [6.07, 6.45) is 3.18. The van der Waals surface area contributed by atoms with E-state index in [4.69, 9.17) is 4.42 Å². The summed E-state index contributed by atoms with van der Waals surface area (Å²) in [6.45, 7) is 3.04. The van der Waals surface area contributed by atoms with Gasteiger partial charge in [-0.25, -0.2) is 4.98 Å². The van der Waals surface area contributed by atoms with Gasteiger partial charge in [0, 0.05) is 24.7 Å². The molecule has 134 valence electrons. The number of piperidine rings is 1. The number of nitrogens with one attached hydrogen (secondary N) is 2. The molecule has 7 heteroatoms. The van der Waals surface area contributed by atoms with E-state index in [-0.39, 0.29) is 17.9 Å². The minimum Gasteiger partial charge on any atom is -0.459 e. The third kappa shape index (κ3) is 3.20. The van der Waals surface area contributed by atoms with Gasteiger partial charge in [-0.15, -0.1) is 0 Å². The molecule has 2 amide bonds. The first-order valence-electron chi connectivity index (χ1n) is 8.70. The monoisotopic (exact) mass is 352 g/mol. The number of benzene rings is 1. The SMILES string of the molecule is Cc1nc2ccc(C(=O)NC3CCCN(C(=O)c4ccco4)C3)cc2[nH]1. The summed E-state index contributed by atoms with van der Waals surface area (Å²) in [7, 11) is 0. The maximum Gasteiger partial charge on any atom is 0.289 e. The number of carbonyl (C=O) groups is 2. The van der Waals surface area contributed by atoms with Gasteiger partial charge >= 0.3 is 0 Å². The minimum absolute atomic E-state index is 0.0747. The smallest absolute Gasteiger partial charge is 0.289 e. The molecule has 26 heavy (non-hydrogen) atoms. The molecule has 4 rings (SSSR count). The first-order chi connectivity index (χ1) is 12.6. The van der Waals surface area contributed by atoms with Crippen molar-refractivity contribution in [3.63, 3.8) is 0 Å². The van der Waals surface area contributed by atoms with Crippen molar-refractivity contribution >= 4 is 22.8 Å². The van der Waals surface area contributed by atoms with E-state index in [1.165, 1.54) is 6.26 Å². The molecular weight excluding hydrogens is 332 g/mol. The predicted molar refractivity (Wildman–Crippen MR) is 95.9 cm³/mol. The van der Waals surface area contributed by atoms with Gasteiger partial charge in [-0.1, -0.05) is 0 Å². The number of imidazole rings is 1. The van der Waals surface area contributed by atoms with E-state index in [1.807, 2.05) is 13.0 Å². The lowest BCUT2D eigenvalue weighted by Crippen LogP contribution is -2.49.